The number of carbonyl (C=O) groups is 2. The predicted octanol–water partition coefficient (Wildman–Crippen LogP) is 2.60. The number of hydrogen-bond acceptors (Lipinski definition) is 3. The molecule has 0 saturated heterocycles. The molecule has 5 nitrogen and oxygen atoms in total. The molecule has 0 aliphatic carbocycles. The third-order valence-electron chi connectivity index (χ3n) is 2.28. The van der Waals surface area contributed by atoms with Gasteiger partial charge in [-0.15, -0.1) is 0 Å². The molecule has 1 unspecified atom stereocenters. The van der Waals surface area contributed by atoms with Crippen molar-refractivity contribution in [2.45, 2.75) is 19.4 Å². The van der Waals surface area contributed by atoms with Crippen molar-refractivity contribution in [2.75, 3.05) is 6.54 Å². The Kier molecular flexibility index (Phi) is 5.74. The van der Waals surface area contributed by atoms with E-state index in [1.807, 2.05) is 6.92 Å². The molecule has 0 aliphatic rings. The second-order valence-corrected chi connectivity index (χ2v) is 5.37. The van der Waals surface area contributed by atoms with E-state index < -0.39 is 12.0 Å². The minimum Gasteiger partial charge on any atom is -0.479 e. The van der Waals surface area contributed by atoms with E-state index in [0.717, 1.165) is 4.47 Å². The Balaban J connectivity index is 3.18. The van der Waals surface area contributed by atoms with Crippen molar-refractivity contribution in [3.8, 4) is 0 Å². The van der Waals surface area contributed by atoms with Gasteiger partial charge in [0.1, 0.15) is 0 Å². The number of rotatable bonds is 6. The summed E-state index contributed by atoms with van der Waals surface area (Å²) in [5, 5.41) is 9.28. The van der Waals surface area contributed by atoms with E-state index in [4.69, 9.17) is 0 Å². The second-order valence-electron chi connectivity index (χ2n) is 3.60. The van der Waals surface area contributed by atoms with Gasteiger partial charge >= 0.3 is 5.97 Å². The quantitative estimate of drug-likeness (QED) is 0.771. The molecule has 98 valence electrons. The minimum atomic E-state index is -1.11. The first kappa shape index (κ1) is 15.1. The van der Waals surface area contributed by atoms with E-state index in [2.05, 4.69) is 36.8 Å². The molecule has 1 rings (SSSR count). The molecule has 0 aliphatic heterocycles. The van der Waals surface area contributed by atoms with Crippen molar-refractivity contribution < 1.29 is 14.7 Å². The fraction of sp³-hybridized carbons (Fsp3) is 0.364. The molecule has 1 N–H and O–H groups in total. The van der Waals surface area contributed by atoms with Gasteiger partial charge in [0, 0.05) is 21.7 Å². The first-order chi connectivity index (χ1) is 8.51. The van der Waals surface area contributed by atoms with Gasteiger partial charge in [0.2, 0.25) is 6.41 Å². The first-order valence-electron chi connectivity index (χ1n) is 5.26. The average Bonchev–Trinajstić information content (AvgIpc) is 2.30. The van der Waals surface area contributed by atoms with Crippen LogP contribution in [0.25, 0.3) is 0 Å². The highest BCUT2D eigenvalue weighted by Gasteiger charge is 2.29. The molecule has 7 heteroatoms. The number of aromatic nitrogens is 1. The number of carbonyl (C=O) groups excluding carboxylic acids is 1. The van der Waals surface area contributed by atoms with Gasteiger partial charge in [-0.1, -0.05) is 6.92 Å². The molecule has 0 saturated carbocycles. The maximum absolute atomic E-state index is 11.3. The third kappa shape index (κ3) is 3.52. The Labute approximate surface area is 121 Å². The number of carboxylic acids is 1. The van der Waals surface area contributed by atoms with Crippen molar-refractivity contribution >= 4 is 44.2 Å². The summed E-state index contributed by atoms with van der Waals surface area (Å²) in [7, 11) is 0. The van der Waals surface area contributed by atoms with Crippen molar-refractivity contribution in [2.24, 2.45) is 0 Å². The molecular weight excluding hydrogens is 368 g/mol. The summed E-state index contributed by atoms with van der Waals surface area (Å²) in [4.78, 5) is 27.6. The highest BCUT2D eigenvalue weighted by molar-refractivity contribution is 9.11. The zero-order valence-corrected chi connectivity index (χ0v) is 12.8. The summed E-state index contributed by atoms with van der Waals surface area (Å²) < 4.78 is 1.28. The maximum Gasteiger partial charge on any atom is 0.332 e. The summed E-state index contributed by atoms with van der Waals surface area (Å²) in [5.41, 5.74) is 0.311. The van der Waals surface area contributed by atoms with E-state index in [1.165, 1.54) is 11.1 Å². The van der Waals surface area contributed by atoms with Gasteiger partial charge in [0.05, 0.1) is 5.69 Å². The zero-order valence-electron chi connectivity index (χ0n) is 9.64. The molecule has 1 aromatic heterocycles. The molecular formula is C11H12Br2N2O3. The highest BCUT2D eigenvalue weighted by Crippen LogP contribution is 2.28. The van der Waals surface area contributed by atoms with E-state index in [1.54, 1.807) is 6.07 Å². The van der Waals surface area contributed by atoms with E-state index >= 15 is 0 Å². The highest BCUT2D eigenvalue weighted by atomic mass is 79.9. The zero-order chi connectivity index (χ0) is 13.7. The van der Waals surface area contributed by atoms with Gasteiger partial charge in [-0.05, 0) is 44.3 Å². The summed E-state index contributed by atoms with van der Waals surface area (Å²) >= 11 is 6.51. The molecule has 0 spiro atoms. The number of nitrogens with zero attached hydrogens (tertiary/aromatic N) is 2. The number of hydrogen-bond donors (Lipinski definition) is 1. The summed E-state index contributed by atoms with van der Waals surface area (Å²) in [6.45, 7) is 2.24. The van der Waals surface area contributed by atoms with Crippen molar-refractivity contribution in [1.82, 2.24) is 9.88 Å². The number of carboxylic acid groups (broad SMARTS) is 1. The lowest BCUT2D eigenvalue weighted by Gasteiger charge is -2.24. The predicted molar refractivity (Wildman–Crippen MR) is 73.1 cm³/mol. The van der Waals surface area contributed by atoms with Crippen LogP contribution >= 0.6 is 31.9 Å². The molecule has 0 fully saturated rings. The molecule has 1 heterocycles. The lowest BCUT2D eigenvalue weighted by atomic mass is 10.1. The van der Waals surface area contributed by atoms with Gasteiger partial charge in [-0.3, -0.25) is 9.78 Å². The van der Waals surface area contributed by atoms with Gasteiger partial charge in [0.25, 0.3) is 0 Å². The van der Waals surface area contributed by atoms with Crippen LogP contribution in [0.5, 0.6) is 0 Å². The number of aliphatic carboxylic acids is 1. The SMILES string of the molecule is CCCN(C=O)C(C(=O)O)c1ncc(Br)cc1Br. The van der Waals surface area contributed by atoms with Crippen LogP contribution in [0.1, 0.15) is 25.1 Å². The fourth-order valence-electron chi connectivity index (χ4n) is 1.54. The van der Waals surface area contributed by atoms with E-state index in [-0.39, 0.29) is 0 Å². The van der Waals surface area contributed by atoms with Crippen LogP contribution in [0, 0.1) is 0 Å². The van der Waals surface area contributed by atoms with Crippen molar-refractivity contribution in [3.05, 3.63) is 26.9 Å². The molecule has 1 atom stereocenters. The normalized spacial score (nSPS) is 11.9. The summed E-state index contributed by atoms with van der Waals surface area (Å²) in [6, 6.07) is 0.623. The van der Waals surface area contributed by atoms with Crippen LogP contribution in [0.4, 0.5) is 0 Å². The Hall–Kier alpha value is -0.950. The van der Waals surface area contributed by atoms with Crippen LogP contribution in [0.2, 0.25) is 0 Å². The average molecular weight is 380 g/mol. The molecule has 18 heavy (non-hydrogen) atoms. The minimum absolute atomic E-state index is 0.311. The van der Waals surface area contributed by atoms with Crippen LogP contribution < -0.4 is 0 Å². The van der Waals surface area contributed by atoms with Crippen molar-refractivity contribution in [3.63, 3.8) is 0 Å². The van der Waals surface area contributed by atoms with Gasteiger partial charge < -0.3 is 10.0 Å². The second kappa shape index (κ2) is 6.84. The van der Waals surface area contributed by atoms with Gasteiger partial charge in [-0.25, -0.2) is 4.79 Å². The maximum atomic E-state index is 11.3. The monoisotopic (exact) mass is 378 g/mol. The number of amides is 1. The van der Waals surface area contributed by atoms with E-state index in [9.17, 15) is 14.7 Å². The summed E-state index contributed by atoms with van der Waals surface area (Å²) in [6.07, 6.45) is 2.72. The van der Waals surface area contributed by atoms with Crippen LogP contribution in [0.15, 0.2) is 21.2 Å². The first-order valence-corrected chi connectivity index (χ1v) is 6.84. The van der Waals surface area contributed by atoms with Crippen LogP contribution in [-0.2, 0) is 9.59 Å². The van der Waals surface area contributed by atoms with Gasteiger partial charge in [0.15, 0.2) is 6.04 Å². The Bertz CT molecular complexity index is 454. The Morgan fingerprint density at radius 1 is 1.61 bits per heavy atom. The molecule has 1 aromatic rings. The third-order valence-corrected chi connectivity index (χ3v) is 3.35. The van der Waals surface area contributed by atoms with Crippen molar-refractivity contribution in [1.29, 1.82) is 0 Å². The molecule has 0 aromatic carbocycles. The fourth-order valence-corrected chi connectivity index (χ4v) is 2.75. The summed E-state index contributed by atoms with van der Waals surface area (Å²) in [5.74, 6) is -1.11. The Morgan fingerprint density at radius 2 is 2.28 bits per heavy atom. The topological polar surface area (TPSA) is 70.5 Å². The lowest BCUT2D eigenvalue weighted by Crippen LogP contribution is -2.34. The molecule has 0 radical (unpaired) electrons. The Morgan fingerprint density at radius 3 is 2.72 bits per heavy atom. The largest absolute Gasteiger partial charge is 0.479 e. The smallest absolute Gasteiger partial charge is 0.332 e. The molecule has 1 amide bonds. The van der Waals surface area contributed by atoms with Crippen LogP contribution in [-0.4, -0.2) is 33.9 Å². The lowest BCUT2D eigenvalue weighted by molar-refractivity contribution is -0.147. The standard InChI is InChI=1S/C11H12Br2N2O3/c1-2-3-15(6-16)10(11(17)18)9-8(13)4-7(12)5-14-9/h4-6,10H,2-3H2,1H3,(H,17,18). The number of pyridine rings is 1. The van der Waals surface area contributed by atoms with E-state index in [0.29, 0.717) is 29.5 Å². The van der Waals surface area contributed by atoms with Gasteiger partial charge in [-0.2, -0.15) is 0 Å². The molecule has 0 bridgehead atoms. The number of halogens is 2. The van der Waals surface area contributed by atoms with Crippen LogP contribution in [0.3, 0.4) is 0 Å².